The topological polar surface area (TPSA) is 90.9 Å². The number of ether oxygens (including phenoxy) is 3. The van der Waals surface area contributed by atoms with Crippen LogP contribution in [0.3, 0.4) is 0 Å². The Morgan fingerprint density at radius 3 is 2.22 bits per heavy atom. The summed E-state index contributed by atoms with van der Waals surface area (Å²) in [6.45, 7) is 5.27. The van der Waals surface area contributed by atoms with Crippen molar-refractivity contribution in [1.29, 1.82) is 0 Å². The van der Waals surface area contributed by atoms with Crippen LogP contribution < -0.4 is 10.1 Å². The molecule has 1 atom stereocenters. The van der Waals surface area contributed by atoms with E-state index in [1.165, 1.54) is 25.3 Å². The van der Waals surface area contributed by atoms with Crippen molar-refractivity contribution in [3.8, 4) is 16.9 Å². The average molecular weight is 524 g/mol. The zero-order valence-corrected chi connectivity index (χ0v) is 22.2. The molecule has 0 saturated heterocycles. The van der Waals surface area contributed by atoms with Crippen LogP contribution in [0.1, 0.15) is 47.1 Å². The summed E-state index contributed by atoms with van der Waals surface area (Å²) in [6.07, 6.45) is 0.207. The van der Waals surface area contributed by atoms with Crippen LogP contribution in [0.15, 0.2) is 66.7 Å². The lowest BCUT2D eigenvalue weighted by Crippen LogP contribution is -2.43. The Bertz CT molecular complexity index is 1280. The van der Waals surface area contributed by atoms with Gasteiger partial charge in [0, 0.05) is 12.0 Å². The van der Waals surface area contributed by atoms with E-state index in [1.54, 1.807) is 27.9 Å². The molecule has 194 valence electrons. The molecule has 0 fully saturated rings. The van der Waals surface area contributed by atoms with Gasteiger partial charge in [-0.05, 0) is 56.2 Å². The van der Waals surface area contributed by atoms with Crippen LogP contribution in [-0.2, 0) is 20.7 Å². The molecule has 0 spiro atoms. The Labute approximate surface area is 221 Å². The van der Waals surface area contributed by atoms with Crippen LogP contribution in [0.25, 0.3) is 11.1 Å². The molecule has 0 unspecified atom stereocenters. The number of halogens is 1. The third kappa shape index (κ3) is 7.33. The molecule has 3 aromatic rings. The Kier molecular flexibility index (Phi) is 8.95. The largest absolute Gasteiger partial charge is 0.496 e. The minimum absolute atomic E-state index is 0.0608. The molecule has 37 heavy (non-hydrogen) atoms. The summed E-state index contributed by atoms with van der Waals surface area (Å²) in [7, 11) is 2.88. The van der Waals surface area contributed by atoms with E-state index in [0.29, 0.717) is 0 Å². The number of carbonyl (C=O) groups excluding carboxylic acids is 3. The van der Waals surface area contributed by atoms with E-state index >= 15 is 0 Å². The lowest BCUT2D eigenvalue weighted by Gasteiger charge is -2.20. The highest BCUT2D eigenvalue weighted by molar-refractivity contribution is 6.34. The van der Waals surface area contributed by atoms with Gasteiger partial charge in [0.15, 0.2) is 0 Å². The molecule has 8 heteroatoms. The summed E-state index contributed by atoms with van der Waals surface area (Å²) in [5, 5.41) is 2.75. The number of para-hydroxylation sites is 1. The van der Waals surface area contributed by atoms with E-state index in [9.17, 15) is 14.4 Å². The Balaban J connectivity index is 1.75. The first-order valence-electron chi connectivity index (χ1n) is 11.7. The van der Waals surface area contributed by atoms with Crippen molar-refractivity contribution in [2.75, 3.05) is 14.2 Å². The van der Waals surface area contributed by atoms with E-state index in [4.69, 9.17) is 25.8 Å². The van der Waals surface area contributed by atoms with Gasteiger partial charge in [-0.1, -0.05) is 54.1 Å². The highest BCUT2D eigenvalue weighted by Gasteiger charge is 2.25. The molecular formula is C29H30ClNO6. The van der Waals surface area contributed by atoms with Crippen molar-refractivity contribution in [2.24, 2.45) is 0 Å². The lowest BCUT2D eigenvalue weighted by molar-refractivity contribution is -0.142. The SMILES string of the molecule is COC(=O)[C@H](Cc1ccc(-c2ccccc2OC)cc1)NC(=O)c1ccc(C(=O)OC(C)(C)C)cc1Cl. The summed E-state index contributed by atoms with van der Waals surface area (Å²) < 4.78 is 15.7. The maximum Gasteiger partial charge on any atom is 0.338 e. The van der Waals surface area contributed by atoms with Gasteiger partial charge in [0.05, 0.1) is 30.4 Å². The second-order valence-corrected chi connectivity index (χ2v) is 9.75. The number of hydrogen-bond donors (Lipinski definition) is 1. The fraction of sp³-hybridized carbons (Fsp3) is 0.276. The van der Waals surface area contributed by atoms with E-state index < -0.39 is 29.5 Å². The third-order valence-corrected chi connectivity index (χ3v) is 5.76. The van der Waals surface area contributed by atoms with Gasteiger partial charge in [-0.3, -0.25) is 4.79 Å². The highest BCUT2D eigenvalue weighted by Crippen LogP contribution is 2.29. The van der Waals surface area contributed by atoms with Crippen molar-refractivity contribution in [2.45, 2.75) is 38.8 Å². The molecule has 0 radical (unpaired) electrons. The number of nitrogens with one attached hydrogen (secondary N) is 1. The van der Waals surface area contributed by atoms with E-state index in [-0.39, 0.29) is 22.6 Å². The number of rotatable bonds is 8. The first-order chi connectivity index (χ1) is 17.5. The number of hydrogen-bond acceptors (Lipinski definition) is 6. The Morgan fingerprint density at radius 2 is 1.62 bits per heavy atom. The molecule has 3 aromatic carbocycles. The van der Waals surface area contributed by atoms with E-state index in [0.717, 1.165) is 22.4 Å². The van der Waals surface area contributed by atoms with Crippen LogP contribution in [0, 0.1) is 0 Å². The van der Waals surface area contributed by atoms with Crippen LogP contribution >= 0.6 is 11.6 Å². The lowest BCUT2D eigenvalue weighted by atomic mass is 9.99. The van der Waals surface area contributed by atoms with Crippen molar-refractivity contribution >= 4 is 29.4 Å². The molecule has 0 heterocycles. The van der Waals surface area contributed by atoms with Crippen molar-refractivity contribution in [3.63, 3.8) is 0 Å². The molecule has 1 N–H and O–H groups in total. The smallest absolute Gasteiger partial charge is 0.338 e. The molecule has 0 saturated carbocycles. The van der Waals surface area contributed by atoms with Gasteiger partial charge in [-0.15, -0.1) is 0 Å². The molecule has 0 aliphatic rings. The van der Waals surface area contributed by atoms with Crippen LogP contribution in [0.2, 0.25) is 5.02 Å². The summed E-state index contributed by atoms with van der Waals surface area (Å²) in [5.41, 5.74) is 2.39. The summed E-state index contributed by atoms with van der Waals surface area (Å²) in [5.74, 6) is -0.958. The van der Waals surface area contributed by atoms with Crippen LogP contribution in [0.5, 0.6) is 5.75 Å². The minimum atomic E-state index is -0.948. The molecule has 0 bridgehead atoms. The van der Waals surface area contributed by atoms with Gasteiger partial charge in [0.2, 0.25) is 0 Å². The number of carbonyl (C=O) groups is 3. The van der Waals surface area contributed by atoms with E-state index in [1.807, 2.05) is 48.5 Å². The molecule has 1 amide bonds. The molecule has 0 aliphatic heterocycles. The molecule has 7 nitrogen and oxygen atoms in total. The number of esters is 2. The second kappa shape index (κ2) is 11.9. The predicted molar refractivity (Wildman–Crippen MR) is 142 cm³/mol. The maximum absolute atomic E-state index is 13.0. The van der Waals surface area contributed by atoms with Crippen LogP contribution in [0.4, 0.5) is 0 Å². The second-order valence-electron chi connectivity index (χ2n) is 9.35. The van der Waals surface area contributed by atoms with Crippen LogP contribution in [-0.4, -0.2) is 43.7 Å². The van der Waals surface area contributed by atoms with Crippen molar-refractivity contribution < 1.29 is 28.6 Å². The molecular weight excluding hydrogens is 494 g/mol. The minimum Gasteiger partial charge on any atom is -0.496 e. The first-order valence-corrected chi connectivity index (χ1v) is 12.0. The van der Waals surface area contributed by atoms with Gasteiger partial charge in [0.1, 0.15) is 17.4 Å². The molecule has 3 rings (SSSR count). The summed E-state index contributed by atoms with van der Waals surface area (Å²) >= 11 is 6.30. The monoisotopic (exact) mass is 523 g/mol. The number of methoxy groups -OCH3 is 2. The van der Waals surface area contributed by atoms with Gasteiger partial charge in [0.25, 0.3) is 5.91 Å². The van der Waals surface area contributed by atoms with E-state index in [2.05, 4.69) is 5.32 Å². The fourth-order valence-corrected chi connectivity index (χ4v) is 3.94. The van der Waals surface area contributed by atoms with Gasteiger partial charge < -0.3 is 19.5 Å². The standard InChI is InChI=1S/C29H30ClNO6/c1-29(2,3)37-27(33)20-14-15-22(23(30)17-20)26(32)31-24(28(34)36-5)16-18-10-12-19(13-11-18)21-8-6-7-9-25(21)35-4/h6-15,17,24H,16H2,1-5H3,(H,31,32)/t24-/m0/s1. The quantitative estimate of drug-likeness (QED) is 0.393. The normalized spacial score (nSPS) is 11.8. The molecule has 0 aliphatic carbocycles. The predicted octanol–water partition coefficient (Wildman–Crippen LogP) is 5.49. The van der Waals surface area contributed by atoms with Gasteiger partial charge >= 0.3 is 11.9 Å². The number of amides is 1. The summed E-state index contributed by atoms with van der Waals surface area (Å²) in [4.78, 5) is 37.7. The fourth-order valence-electron chi connectivity index (χ4n) is 3.67. The van der Waals surface area contributed by atoms with Crippen molar-refractivity contribution in [3.05, 3.63) is 88.4 Å². The highest BCUT2D eigenvalue weighted by atomic mass is 35.5. The van der Waals surface area contributed by atoms with Gasteiger partial charge in [-0.2, -0.15) is 0 Å². The third-order valence-electron chi connectivity index (χ3n) is 5.45. The molecule has 0 aromatic heterocycles. The summed E-state index contributed by atoms with van der Waals surface area (Å²) in [6, 6.07) is 18.6. The maximum atomic E-state index is 13.0. The van der Waals surface area contributed by atoms with Gasteiger partial charge in [-0.25, -0.2) is 9.59 Å². The zero-order valence-electron chi connectivity index (χ0n) is 21.5. The Hall–Kier alpha value is -3.84. The van der Waals surface area contributed by atoms with Crippen molar-refractivity contribution in [1.82, 2.24) is 5.32 Å². The zero-order chi connectivity index (χ0) is 27.2. The first kappa shape index (κ1) is 27.7. The Morgan fingerprint density at radius 1 is 0.946 bits per heavy atom. The number of benzene rings is 3. The average Bonchev–Trinajstić information content (AvgIpc) is 2.87.